The Kier molecular flexibility index (Phi) is 2.71. The van der Waals surface area contributed by atoms with Gasteiger partial charge in [-0.1, -0.05) is 22.0 Å². The van der Waals surface area contributed by atoms with Gasteiger partial charge in [-0.3, -0.25) is 0 Å². The van der Waals surface area contributed by atoms with E-state index in [4.69, 9.17) is 4.74 Å². The Hall–Kier alpha value is -0.870. The Morgan fingerprint density at radius 3 is 2.88 bits per heavy atom. The molecule has 3 nitrogen and oxygen atoms in total. The Morgan fingerprint density at radius 2 is 2.18 bits per heavy atom. The summed E-state index contributed by atoms with van der Waals surface area (Å²) in [5, 5.41) is 3.33. The summed E-state index contributed by atoms with van der Waals surface area (Å²) in [7, 11) is 0. The Morgan fingerprint density at radius 1 is 1.41 bits per heavy atom. The zero-order valence-electron chi connectivity index (χ0n) is 9.41. The minimum Gasteiger partial charge on any atom is -0.381 e. The van der Waals surface area contributed by atoms with Crippen LogP contribution in [-0.4, -0.2) is 25.5 Å². The smallest absolute Gasteiger partial charge is 0.143 e. The molecule has 0 aliphatic carbocycles. The van der Waals surface area contributed by atoms with Gasteiger partial charge in [0, 0.05) is 28.8 Å². The fourth-order valence-corrected chi connectivity index (χ4v) is 3.38. The molecule has 0 bridgehead atoms. The summed E-state index contributed by atoms with van der Waals surface area (Å²) < 4.78 is 6.47. The van der Waals surface area contributed by atoms with Crippen molar-refractivity contribution in [3.05, 3.63) is 28.2 Å². The van der Waals surface area contributed by atoms with Gasteiger partial charge in [0.15, 0.2) is 0 Å². The first-order valence-corrected chi connectivity index (χ1v) is 6.65. The van der Waals surface area contributed by atoms with Crippen LogP contribution in [0.25, 0.3) is 0 Å². The van der Waals surface area contributed by atoms with Crippen LogP contribution in [0.4, 0.5) is 5.69 Å². The van der Waals surface area contributed by atoms with E-state index in [9.17, 15) is 4.79 Å². The Bertz CT molecular complexity index is 455. The maximum absolute atomic E-state index is 11.3. The quantitative estimate of drug-likeness (QED) is 0.809. The van der Waals surface area contributed by atoms with Gasteiger partial charge in [-0.05, 0) is 30.5 Å². The molecule has 4 heteroatoms. The minimum absolute atomic E-state index is 0.0595. The van der Waals surface area contributed by atoms with E-state index in [1.807, 2.05) is 6.07 Å². The lowest BCUT2D eigenvalue weighted by atomic mass is 9.71. The van der Waals surface area contributed by atoms with E-state index in [1.165, 1.54) is 5.56 Å². The molecule has 1 atom stereocenters. The lowest BCUT2D eigenvalue weighted by Gasteiger charge is -2.36. The molecule has 0 saturated carbocycles. The highest BCUT2D eigenvalue weighted by atomic mass is 79.9. The molecule has 1 aromatic rings. The highest BCUT2D eigenvalue weighted by Gasteiger charge is 2.47. The SMILES string of the molecule is O=CC1Nc2cc(Br)ccc2C12CCOCC2. The number of hydrogen-bond acceptors (Lipinski definition) is 3. The summed E-state index contributed by atoms with van der Waals surface area (Å²) in [5.74, 6) is 0. The van der Waals surface area contributed by atoms with Crippen molar-refractivity contribution in [3.8, 4) is 0 Å². The maximum atomic E-state index is 11.3. The number of anilines is 1. The topological polar surface area (TPSA) is 38.3 Å². The van der Waals surface area contributed by atoms with Gasteiger partial charge in [0.05, 0.1) is 6.04 Å². The van der Waals surface area contributed by atoms with Crippen LogP contribution in [0.2, 0.25) is 0 Å². The van der Waals surface area contributed by atoms with E-state index in [2.05, 4.69) is 33.4 Å². The molecular formula is C13H14BrNO2. The van der Waals surface area contributed by atoms with Gasteiger partial charge < -0.3 is 14.8 Å². The first-order chi connectivity index (χ1) is 8.26. The van der Waals surface area contributed by atoms with Crippen LogP contribution in [0.3, 0.4) is 0 Å². The summed E-state index contributed by atoms with van der Waals surface area (Å²) in [4.78, 5) is 11.3. The number of benzene rings is 1. The van der Waals surface area contributed by atoms with E-state index in [-0.39, 0.29) is 11.5 Å². The monoisotopic (exact) mass is 295 g/mol. The van der Waals surface area contributed by atoms with Crippen molar-refractivity contribution in [2.24, 2.45) is 0 Å². The number of carbonyl (C=O) groups is 1. The highest BCUT2D eigenvalue weighted by Crippen LogP contribution is 2.47. The third-order valence-corrected chi connectivity index (χ3v) is 4.44. The molecule has 2 aliphatic rings. The molecule has 1 fully saturated rings. The third-order valence-electron chi connectivity index (χ3n) is 3.95. The number of nitrogens with one attached hydrogen (secondary N) is 1. The van der Waals surface area contributed by atoms with E-state index in [0.717, 1.165) is 42.5 Å². The average molecular weight is 296 g/mol. The van der Waals surface area contributed by atoms with Crippen LogP contribution in [0.15, 0.2) is 22.7 Å². The molecular weight excluding hydrogens is 282 g/mol. The normalized spacial score (nSPS) is 25.4. The third kappa shape index (κ3) is 1.62. The second-order valence-corrected chi connectivity index (χ2v) is 5.63. The molecule has 2 heterocycles. The van der Waals surface area contributed by atoms with Crippen LogP contribution in [0, 0.1) is 0 Å². The van der Waals surface area contributed by atoms with Crippen LogP contribution in [-0.2, 0) is 14.9 Å². The van der Waals surface area contributed by atoms with Crippen molar-refractivity contribution < 1.29 is 9.53 Å². The number of rotatable bonds is 1. The lowest BCUT2D eigenvalue weighted by Crippen LogP contribution is -2.44. The molecule has 1 unspecified atom stereocenters. The number of halogens is 1. The van der Waals surface area contributed by atoms with Gasteiger partial charge >= 0.3 is 0 Å². The molecule has 1 aromatic carbocycles. The van der Waals surface area contributed by atoms with E-state index < -0.39 is 0 Å². The van der Waals surface area contributed by atoms with Crippen molar-refractivity contribution in [1.29, 1.82) is 0 Å². The zero-order chi connectivity index (χ0) is 11.9. The standard InChI is InChI=1S/C13H14BrNO2/c14-9-1-2-10-11(7-9)15-12(8-16)13(10)3-5-17-6-4-13/h1-2,7-8,12,15H,3-6H2. The molecule has 2 aliphatic heterocycles. The van der Waals surface area contributed by atoms with E-state index >= 15 is 0 Å². The summed E-state index contributed by atoms with van der Waals surface area (Å²) >= 11 is 3.47. The average Bonchev–Trinajstić information content (AvgIpc) is 2.64. The first-order valence-electron chi connectivity index (χ1n) is 5.86. The van der Waals surface area contributed by atoms with Crippen molar-refractivity contribution in [1.82, 2.24) is 0 Å². The maximum Gasteiger partial charge on any atom is 0.143 e. The molecule has 1 N–H and O–H groups in total. The molecule has 0 aromatic heterocycles. The number of ether oxygens (including phenoxy) is 1. The van der Waals surface area contributed by atoms with Crippen LogP contribution >= 0.6 is 15.9 Å². The molecule has 1 saturated heterocycles. The van der Waals surface area contributed by atoms with E-state index in [1.54, 1.807) is 0 Å². The summed E-state index contributed by atoms with van der Waals surface area (Å²) in [6.07, 6.45) is 2.87. The fourth-order valence-electron chi connectivity index (χ4n) is 3.02. The van der Waals surface area contributed by atoms with Gasteiger partial charge in [0.25, 0.3) is 0 Å². The molecule has 0 radical (unpaired) electrons. The van der Waals surface area contributed by atoms with Gasteiger partial charge in [-0.25, -0.2) is 0 Å². The second kappa shape index (κ2) is 4.10. The van der Waals surface area contributed by atoms with Crippen LogP contribution < -0.4 is 5.32 Å². The number of carbonyl (C=O) groups excluding carboxylic acids is 1. The van der Waals surface area contributed by atoms with Crippen LogP contribution in [0.1, 0.15) is 18.4 Å². The number of hydrogen-bond donors (Lipinski definition) is 1. The van der Waals surface area contributed by atoms with Gasteiger partial charge in [0.2, 0.25) is 0 Å². The molecule has 90 valence electrons. The van der Waals surface area contributed by atoms with Crippen molar-refractivity contribution >= 4 is 27.9 Å². The number of aldehydes is 1. The zero-order valence-corrected chi connectivity index (χ0v) is 11.0. The van der Waals surface area contributed by atoms with Crippen molar-refractivity contribution in [2.75, 3.05) is 18.5 Å². The van der Waals surface area contributed by atoms with Gasteiger partial charge in [-0.2, -0.15) is 0 Å². The molecule has 0 amide bonds. The number of fused-ring (bicyclic) bond motifs is 2. The predicted octanol–water partition coefficient (Wildman–Crippen LogP) is 2.49. The summed E-state index contributed by atoms with van der Waals surface area (Å²) in [6.45, 7) is 1.48. The summed E-state index contributed by atoms with van der Waals surface area (Å²) in [6, 6.07) is 6.11. The Labute approximate surface area is 109 Å². The largest absolute Gasteiger partial charge is 0.381 e. The minimum atomic E-state index is -0.115. The van der Waals surface area contributed by atoms with Crippen molar-refractivity contribution in [3.63, 3.8) is 0 Å². The van der Waals surface area contributed by atoms with Crippen molar-refractivity contribution in [2.45, 2.75) is 24.3 Å². The second-order valence-electron chi connectivity index (χ2n) is 4.72. The van der Waals surface area contributed by atoms with E-state index in [0.29, 0.717) is 0 Å². The predicted molar refractivity (Wildman–Crippen MR) is 69.3 cm³/mol. The first kappa shape index (κ1) is 11.2. The Balaban J connectivity index is 2.09. The van der Waals surface area contributed by atoms with Gasteiger partial charge in [0.1, 0.15) is 6.29 Å². The lowest BCUT2D eigenvalue weighted by molar-refractivity contribution is -0.110. The molecule has 1 spiro atoms. The fraction of sp³-hybridized carbons (Fsp3) is 0.462. The summed E-state index contributed by atoms with van der Waals surface area (Å²) in [5.41, 5.74) is 2.29. The highest BCUT2D eigenvalue weighted by molar-refractivity contribution is 9.10. The molecule has 3 rings (SSSR count). The molecule has 17 heavy (non-hydrogen) atoms. The van der Waals surface area contributed by atoms with Gasteiger partial charge in [-0.15, -0.1) is 0 Å². The van der Waals surface area contributed by atoms with Crippen LogP contribution in [0.5, 0.6) is 0 Å².